The third kappa shape index (κ3) is 4.36. The fourth-order valence-electron chi connectivity index (χ4n) is 3.60. The fourth-order valence-corrected chi connectivity index (χ4v) is 3.85. The number of nitrogen functional groups attached to an aromatic ring is 2. The van der Waals surface area contributed by atoms with Gasteiger partial charge in [0.2, 0.25) is 5.95 Å². The fraction of sp³-hybridized carbons (Fsp3) is 0.136. The van der Waals surface area contributed by atoms with Crippen LogP contribution in [0.15, 0.2) is 41.2 Å². The Balaban J connectivity index is 1.99. The minimum Gasteiger partial charge on any atom is -0.508 e. The molecule has 35 heavy (non-hydrogen) atoms. The lowest BCUT2D eigenvalue weighted by Crippen LogP contribution is -2.28. The monoisotopic (exact) mass is 498 g/mol. The molecule has 2 aromatic carbocycles. The molecule has 6 N–H and O–H groups in total. The zero-order chi connectivity index (χ0) is 25.4. The summed E-state index contributed by atoms with van der Waals surface area (Å²) in [6, 6.07) is 8.81. The molecule has 0 aliphatic carbocycles. The van der Waals surface area contributed by atoms with Crippen molar-refractivity contribution in [2.24, 2.45) is 0 Å². The molecule has 4 aromatic rings. The molecule has 0 saturated carbocycles. The molecule has 10 nitrogen and oxygen atoms in total. The zero-order valence-electron chi connectivity index (χ0n) is 18.0. The number of nitrogens with zero attached hydrogens (tertiary/aromatic N) is 5. The zero-order valence-corrected chi connectivity index (χ0v) is 18.8. The van der Waals surface area contributed by atoms with Crippen LogP contribution in [0, 0.1) is 11.3 Å². The first kappa shape index (κ1) is 23.7. The van der Waals surface area contributed by atoms with Crippen molar-refractivity contribution in [3.63, 3.8) is 0 Å². The Morgan fingerprint density at radius 1 is 1.20 bits per heavy atom. The molecule has 0 amide bonds. The van der Waals surface area contributed by atoms with Crippen molar-refractivity contribution in [3.05, 3.63) is 68.7 Å². The number of nitrogens with one attached hydrogen (secondary N) is 1. The van der Waals surface area contributed by atoms with Gasteiger partial charge in [0.15, 0.2) is 5.82 Å². The van der Waals surface area contributed by atoms with Crippen LogP contribution in [-0.4, -0.2) is 24.6 Å². The maximum absolute atomic E-state index is 13.6. The van der Waals surface area contributed by atoms with E-state index in [-0.39, 0.29) is 50.6 Å². The van der Waals surface area contributed by atoms with Crippen LogP contribution in [0.4, 0.5) is 26.4 Å². The molecule has 0 aliphatic heterocycles. The SMILES string of the molecule is CC(Nc1nc(N)nc(N)c1C#N)c1nc2cccc(Cl)c2c(=O)n1-c1cc(O)cc(C(F)F)c1. The number of rotatable bonds is 5. The molecule has 0 spiro atoms. The number of hydrogen-bond donors (Lipinski definition) is 4. The van der Waals surface area contributed by atoms with Gasteiger partial charge in [0.1, 0.15) is 29.0 Å². The summed E-state index contributed by atoms with van der Waals surface area (Å²) in [5.74, 6) is -0.781. The number of halogens is 3. The number of hydrogen-bond acceptors (Lipinski definition) is 9. The molecule has 178 valence electrons. The summed E-state index contributed by atoms with van der Waals surface area (Å²) in [4.78, 5) is 25.9. The molecule has 1 atom stereocenters. The van der Waals surface area contributed by atoms with Gasteiger partial charge in [-0.05, 0) is 31.2 Å². The third-order valence-corrected chi connectivity index (χ3v) is 5.43. The van der Waals surface area contributed by atoms with Crippen LogP contribution in [0.2, 0.25) is 5.02 Å². The third-order valence-electron chi connectivity index (χ3n) is 5.11. The van der Waals surface area contributed by atoms with Gasteiger partial charge in [-0.25, -0.2) is 13.8 Å². The topological polar surface area (TPSA) is 169 Å². The molecule has 13 heteroatoms. The van der Waals surface area contributed by atoms with E-state index >= 15 is 0 Å². The maximum Gasteiger partial charge on any atom is 0.267 e. The van der Waals surface area contributed by atoms with Gasteiger partial charge in [0, 0.05) is 11.6 Å². The number of phenolic OH excluding ortho intramolecular Hbond substituents is 1. The highest BCUT2D eigenvalue weighted by molar-refractivity contribution is 6.35. The van der Waals surface area contributed by atoms with Crippen molar-refractivity contribution in [1.29, 1.82) is 5.26 Å². The summed E-state index contributed by atoms with van der Waals surface area (Å²) in [6.07, 6.45) is -2.90. The number of nitrogens with two attached hydrogens (primary N) is 2. The largest absolute Gasteiger partial charge is 0.508 e. The van der Waals surface area contributed by atoms with E-state index in [1.165, 1.54) is 6.07 Å². The number of fused-ring (bicyclic) bond motifs is 1. The summed E-state index contributed by atoms with van der Waals surface area (Å²) < 4.78 is 28.0. The lowest BCUT2D eigenvalue weighted by Gasteiger charge is -2.21. The Hall–Kier alpha value is -4.50. The summed E-state index contributed by atoms with van der Waals surface area (Å²) in [7, 11) is 0. The Kier molecular flexibility index (Phi) is 6.10. The van der Waals surface area contributed by atoms with E-state index < -0.39 is 29.3 Å². The van der Waals surface area contributed by atoms with Crippen molar-refractivity contribution in [2.75, 3.05) is 16.8 Å². The van der Waals surface area contributed by atoms with E-state index in [0.29, 0.717) is 0 Å². The summed E-state index contributed by atoms with van der Waals surface area (Å²) in [5, 5.41) is 22.6. The van der Waals surface area contributed by atoms with Crippen molar-refractivity contribution in [2.45, 2.75) is 19.4 Å². The molecule has 0 bridgehead atoms. The average molecular weight is 499 g/mol. The molecule has 1 unspecified atom stereocenters. The Labute approximate surface area is 201 Å². The predicted octanol–water partition coefficient (Wildman–Crippen LogP) is 3.68. The highest BCUT2D eigenvalue weighted by Crippen LogP contribution is 2.30. The van der Waals surface area contributed by atoms with E-state index in [4.69, 9.17) is 23.1 Å². The summed E-state index contributed by atoms with van der Waals surface area (Å²) >= 11 is 6.25. The van der Waals surface area contributed by atoms with Crippen LogP contribution in [-0.2, 0) is 0 Å². The molecular weight excluding hydrogens is 482 g/mol. The van der Waals surface area contributed by atoms with Gasteiger partial charge >= 0.3 is 0 Å². The Morgan fingerprint density at radius 2 is 1.94 bits per heavy atom. The first-order chi connectivity index (χ1) is 16.6. The average Bonchev–Trinajstić information content (AvgIpc) is 2.78. The van der Waals surface area contributed by atoms with Crippen LogP contribution < -0.4 is 22.3 Å². The van der Waals surface area contributed by atoms with Gasteiger partial charge < -0.3 is 21.9 Å². The van der Waals surface area contributed by atoms with Crippen molar-refractivity contribution >= 4 is 40.1 Å². The first-order valence-corrected chi connectivity index (χ1v) is 10.4. The van der Waals surface area contributed by atoms with Crippen molar-refractivity contribution < 1.29 is 13.9 Å². The minimum absolute atomic E-state index is 0.0128. The molecule has 2 heterocycles. The molecule has 2 aromatic heterocycles. The number of benzene rings is 2. The second kappa shape index (κ2) is 9.03. The van der Waals surface area contributed by atoms with Gasteiger partial charge in [0.25, 0.3) is 12.0 Å². The molecule has 0 saturated heterocycles. The van der Waals surface area contributed by atoms with Gasteiger partial charge in [-0.3, -0.25) is 9.36 Å². The second-order valence-corrected chi connectivity index (χ2v) is 7.90. The van der Waals surface area contributed by atoms with Crippen LogP contribution in [0.1, 0.15) is 36.3 Å². The molecule has 0 fully saturated rings. The van der Waals surface area contributed by atoms with E-state index in [2.05, 4.69) is 20.3 Å². The standard InChI is InChI=1S/C22H17ClF2N8O2/c1-9(29-19-13(8-26)18(27)31-22(28)32-19)20-30-15-4-2-3-14(23)16(15)21(35)33(20)11-5-10(17(24)25)6-12(34)7-11/h2-7,9,17,34H,1H3,(H5,27,28,29,31,32). The predicted molar refractivity (Wildman–Crippen MR) is 127 cm³/mol. The summed E-state index contributed by atoms with van der Waals surface area (Å²) in [5.41, 5.74) is 10.4. The van der Waals surface area contributed by atoms with Crippen molar-refractivity contribution in [3.8, 4) is 17.5 Å². The van der Waals surface area contributed by atoms with Gasteiger partial charge in [-0.15, -0.1) is 0 Å². The normalized spacial score (nSPS) is 12.0. The molecule has 0 radical (unpaired) electrons. The van der Waals surface area contributed by atoms with E-state index in [0.717, 1.165) is 22.8 Å². The second-order valence-electron chi connectivity index (χ2n) is 7.50. The number of phenols is 1. The highest BCUT2D eigenvalue weighted by Gasteiger charge is 2.23. The van der Waals surface area contributed by atoms with Gasteiger partial charge in [0.05, 0.1) is 27.7 Å². The quantitative estimate of drug-likeness (QED) is 0.320. The number of nitriles is 1. The molecule has 0 aliphatic rings. The number of alkyl halides is 2. The molecular formula is C22H17ClF2N8O2. The van der Waals surface area contributed by atoms with Gasteiger partial charge in [-0.1, -0.05) is 17.7 Å². The van der Waals surface area contributed by atoms with Crippen LogP contribution in [0.25, 0.3) is 16.6 Å². The number of aromatic nitrogens is 4. The Morgan fingerprint density at radius 3 is 2.63 bits per heavy atom. The number of anilines is 3. The smallest absolute Gasteiger partial charge is 0.267 e. The highest BCUT2D eigenvalue weighted by atomic mass is 35.5. The first-order valence-electron chi connectivity index (χ1n) is 10.0. The van der Waals surface area contributed by atoms with Crippen molar-refractivity contribution in [1.82, 2.24) is 19.5 Å². The van der Waals surface area contributed by atoms with Gasteiger partial charge in [-0.2, -0.15) is 15.2 Å². The Bertz CT molecular complexity index is 1570. The molecule has 4 rings (SSSR count). The lowest BCUT2D eigenvalue weighted by atomic mass is 10.1. The van der Waals surface area contributed by atoms with E-state index in [1.807, 2.05) is 6.07 Å². The van der Waals surface area contributed by atoms with Crippen LogP contribution in [0.3, 0.4) is 0 Å². The van der Waals surface area contributed by atoms with E-state index in [9.17, 15) is 23.9 Å². The van der Waals surface area contributed by atoms with E-state index in [1.54, 1.807) is 19.1 Å². The van der Waals surface area contributed by atoms with Crippen LogP contribution in [0.5, 0.6) is 5.75 Å². The summed E-state index contributed by atoms with van der Waals surface area (Å²) in [6.45, 7) is 1.60. The maximum atomic E-state index is 13.6. The minimum atomic E-state index is -2.90. The lowest BCUT2D eigenvalue weighted by molar-refractivity contribution is 0.151. The number of aromatic hydroxyl groups is 1. The van der Waals surface area contributed by atoms with Crippen LogP contribution >= 0.6 is 11.6 Å².